The maximum atomic E-state index is 12.4. The summed E-state index contributed by atoms with van der Waals surface area (Å²) in [6.07, 6.45) is -0.0335. The fraction of sp³-hybridized carbons (Fsp3) is 0.533. The molecule has 0 spiro atoms. The maximum absolute atomic E-state index is 12.4. The number of rotatable bonds is 2. The van der Waals surface area contributed by atoms with E-state index < -0.39 is 0 Å². The molecule has 2 saturated heterocycles. The van der Waals surface area contributed by atoms with Gasteiger partial charge >= 0.3 is 0 Å². The Kier molecular flexibility index (Phi) is 5.66. The number of hydrogen-bond donors (Lipinski definition) is 1. The number of carbonyl (C=O) groups excluding carboxylic acids is 1. The molecule has 2 aliphatic heterocycles. The molecule has 1 N–H and O–H groups in total. The van der Waals surface area contributed by atoms with Gasteiger partial charge in [0.25, 0.3) is 0 Å². The van der Waals surface area contributed by atoms with Crippen LogP contribution in [0, 0.1) is 5.92 Å². The van der Waals surface area contributed by atoms with E-state index in [1.807, 2.05) is 17.0 Å². The molecule has 21 heavy (non-hydrogen) atoms. The van der Waals surface area contributed by atoms with Crippen molar-refractivity contribution in [2.45, 2.75) is 19.1 Å². The van der Waals surface area contributed by atoms with Crippen molar-refractivity contribution in [3.05, 3.63) is 34.3 Å². The van der Waals surface area contributed by atoms with E-state index in [9.17, 15) is 4.79 Å². The third-order valence-corrected chi connectivity index (χ3v) is 4.70. The molecule has 1 aromatic carbocycles. The lowest BCUT2D eigenvalue weighted by atomic mass is 9.96. The number of benzene rings is 1. The Balaban J connectivity index is 0.00000161. The van der Waals surface area contributed by atoms with Crippen molar-refractivity contribution in [3.63, 3.8) is 0 Å². The Morgan fingerprint density at radius 3 is 2.57 bits per heavy atom. The second-order valence-electron chi connectivity index (χ2n) is 5.47. The normalized spacial score (nSPS) is 25.9. The second-order valence-corrected chi connectivity index (χ2v) is 6.39. The molecule has 2 atom stereocenters. The van der Waals surface area contributed by atoms with Gasteiger partial charge < -0.3 is 15.0 Å². The number of morpholine rings is 1. The molecule has 4 nitrogen and oxygen atoms in total. The van der Waals surface area contributed by atoms with E-state index in [2.05, 4.69) is 40.3 Å². The van der Waals surface area contributed by atoms with Gasteiger partial charge in [-0.3, -0.25) is 4.79 Å². The predicted molar refractivity (Wildman–Crippen MR) is 87.6 cm³/mol. The molecular formula is C15H20BrClN2O2. The predicted octanol–water partition coefficient (Wildman–Crippen LogP) is 2.38. The smallest absolute Gasteiger partial charge is 0.228 e. The molecule has 0 saturated carbocycles. The molecule has 2 unspecified atom stereocenters. The first-order valence-electron chi connectivity index (χ1n) is 7.05. The van der Waals surface area contributed by atoms with Crippen molar-refractivity contribution in [3.8, 4) is 0 Å². The highest BCUT2D eigenvalue weighted by Gasteiger charge is 2.37. The van der Waals surface area contributed by atoms with E-state index in [1.165, 1.54) is 0 Å². The summed E-state index contributed by atoms with van der Waals surface area (Å²) in [4.78, 5) is 14.4. The molecule has 0 radical (unpaired) electrons. The van der Waals surface area contributed by atoms with Gasteiger partial charge in [-0.2, -0.15) is 0 Å². The zero-order chi connectivity index (χ0) is 14.1. The van der Waals surface area contributed by atoms with Gasteiger partial charge in [0.2, 0.25) is 5.91 Å². The first-order chi connectivity index (χ1) is 9.66. The molecule has 2 heterocycles. The van der Waals surface area contributed by atoms with Crippen molar-refractivity contribution in [2.24, 2.45) is 5.92 Å². The lowest BCUT2D eigenvalue weighted by molar-refractivity contribution is -0.151. The molecule has 2 fully saturated rings. The molecule has 2 aliphatic rings. The molecule has 1 amide bonds. The van der Waals surface area contributed by atoms with E-state index in [0.717, 1.165) is 23.1 Å². The number of amides is 1. The van der Waals surface area contributed by atoms with E-state index in [-0.39, 0.29) is 36.4 Å². The van der Waals surface area contributed by atoms with Gasteiger partial charge in [0.15, 0.2) is 0 Å². The number of ether oxygens (including phenoxy) is 1. The van der Waals surface area contributed by atoms with Crippen LogP contribution in [-0.2, 0) is 9.53 Å². The minimum Gasteiger partial charge on any atom is -0.370 e. The minimum atomic E-state index is -0.0335. The van der Waals surface area contributed by atoms with Gasteiger partial charge in [0.1, 0.15) is 6.10 Å². The van der Waals surface area contributed by atoms with E-state index in [0.29, 0.717) is 13.2 Å². The number of halogens is 2. The van der Waals surface area contributed by atoms with Crippen molar-refractivity contribution >= 4 is 34.2 Å². The molecular weight excluding hydrogens is 356 g/mol. The van der Waals surface area contributed by atoms with Gasteiger partial charge in [-0.1, -0.05) is 28.1 Å². The Bertz CT molecular complexity index is 493. The standard InChI is InChI=1S/C15H19BrN2O2.ClH/c1-10-14(11-2-4-13(16)5-3-11)20-7-6-18(10)15(19)12-8-17-9-12;/h2-5,10,12,14,17H,6-9H2,1H3;1H. The van der Waals surface area contributed by atoms with Crippen LogP contribution >= 0.6 is 28.3 Å². The Morgan fingerprint density at radius 1 is 1.33 bits per heavy atom. The summed E-state index contributed by atoms with van der Waals surface area (Å²) in [6, 6.07) is 8.23. The number of nitrogens with one attached hydrogen (secondary N) is 1. The van der Waals surface area contributed by atoms with Crippen molar-refractivity contribution < 1.29 is 9.53 Å². The highest BCUT2D eigenvalue weighted by Crippen LogP contribution is 2.30. The zero-order valence-electron chi connectivity index (χ0n) is 11.9. The summed E-state index contributed by atoms with van der Waals surface area (Å²) >= 11 is 3.44. The van der Waals surface area contributed by atoms with Crippen LogP contribution in [0.15, 0.2) is 28.7 Å². The molecule has 3 rings (SSSR count). The second kappa shape index (κ2) is 7.09. The maximum Gasteiger partial charge on any atom is 0.228 e. The van der Waals surface area contributed by atoms with Gasteiger partial charge in [-0.15, -0.1) is 12.4 Å². The summed E-state index contributed by atoms with van der Waals surface area (Å²) < 4.78 is 6.96. The summed E-state index contributed by atoms with van der Waals surface area (Å²) in [5, 5.41) is 3.16. The highest BCUT2D eigenvalue weighted by molar-refractivity contribution is 9.10. The fourth-order valence-corrected chi connectivity index (χ4v) is 3.08. The van der Waals surface area contributed by atoms with Crippen LogP contribution in [0.2, 0.25) is 0 Å². The monoisotopic (exact) mass is 374 g/mol. The Hall–Kier alpha value is -0.620. The van der Waals surface area contributed by atoms with Crippen LogP contribution in [0.1, 0.15) is 18.6 Å². The lowest BCUT2D eigenvalue weighted by Gasteiger charge is -2.42. The fourth-order valence-electron chi connectivity index (χ4n) is 2.82. The lowest BCUT2D eigenvalue weighted by Crippen LogP contribution is -2.57. The largest absolute Gasteiger partial charge is 0.370 e. The zero-order valence-corrected chi connectivity index (χ0v) is 14.3. The average Bonchev–Trinajstić information content (AvgIpc) is 2.38. The van der Waals surface area contributed by atoms with Gasteiger partial charge in [-0.05, 0) is 24.6 Å². The third-order valence-electron chi connectivity index (χ3n) is 4.17. The van der Waals surface area contributed by atoms with E-state index in [1.54, 1.807) is 0 Å². The SMILES string of the molecule is CC1C(c2ccc(Br)cc2)OCCN1C(=O)C1CNC1.Cl. The van der Waals surface area contributed by atoms with Crippen LogP contribution in [0.25, 0.3) is 0 Å². The number of hydrogen-bond acceptors (Lipinski definition) is 3. The Morgan fingerprint density at radius 2 is 2.00 bits per heavy atom. The van der Waals surface area contributed by atoms with Crippen LogP contribution in [0.3, 0.4) is 0 Å². The topological polar surface area (TPSA) is 41.6 Å². The van der Waals surface area contributed by atoms with Crippen LogP contribution in [0.5, 0.6) is 0 Å². The van der Waals surface area contributed by atoms with Gasteiger partial charge in [0, 0.05) is 24.1 Å². The van der Waals surface area contributed by atoms with Gasteiger partial charge in [0.05, 0.1) is 18.6 Å². The van der Waals surface area contributed by atoms with Crippen molar-refractivity contribution in [1.82, 2.24) is 10.2 Å². The highest BCUT2D eigenvalue weighted by atomic mass is 79.9. The summed E-state index contributed by atoms with van der Waals surface area (Å²) in [5.41, 5.74) is 1.13. The molecule has 1 aromatic rings. The van der Waals surface area contributed by atoms with E-state index in [4.69, 9.17) is 4.74 Å². The van der Waals surface area contributed by atoms with Crippen LogP contribution in [-0.4, -0.2) is 43.1 Å². The van der Waals surface area contributed by atoms with E-state index >= 15 is 0 Å². The number of carbonyl (C=O) groups is 1. The Labute approximate surface area is 139 Å². The molecule has 0 bridgehead atoms. The summed E-state index contributed by atoms with van der Waals surface area (Å²) in [5.74, 6) is 0.419. The quantitative estimate of drug-likeness (QED) is 0.863. The van der Waals surface area contributed by atoms with Crippen molar-refractivity contribution in [2.75, 3.05) is 26.2 Å². The minimum absolute atomic E-state index is 0. The summed E-state index contributed by atoms with van der Waals surface area (Å²) in [6.45, 7) is 5.01. The average molecular weight is 376 g/mol. The summed E-state index contributed by atoms with van der Waals surface area (Å²) in [7, 11) is 0. The molecule has 6 heteroatoms. The first kappa shape index (κ1) is 16.7. The van der Waals surface area contributed by atoms with Crippen LogP contribution in [0.4, 0.5) is 0 Å². The molecule has 0 aromatic heterocycles. The molecule has 116 valence electrons. The van der Waals surface area contributed by atoms with Gasteiger partial charge in [-0.25, -0.2) is 0 Å². The van der Waals surface area contributed by atoms with Crippen molar-refractivity contribution in [1.29, 1.82) is 0 Å². The van der Waals surface area contributed by atoms with Crippen LogP contribution < -0.4 is 5.32 Å². The molecule has 0 aliphatic carbocycles. The third kappa shape index (κ3) is 3.42. The number of nitrogens with zero attached hydrogens (tertiary/aromatic N) is 1. The first-order valence-corrected chi connectivity index (χ1v) is 7.84.